The number of methoxy groups -OCH3 is 2. The van der Waals surface area contributed by atoms with E-state index in [1.54, 1.807) is 18.9 Å². The highest BCUT2D eigenvalue weighted by atomic mass is 16.5. The van der Waals surface area contributed by atoms with Crippen LogP contribution in [0.15, 0.2) is 48.8 Å². The Morgan fingerprint density at radius 2 is 1.77 bits per heavy atom. The summed E-state index contributed by atoms with van der Waals surface area (Å²) in [6.45, 7) is 3.16. The van der Waals surface area contributed by atoms with E-state index in [4.69, 9.17) is 9.47 Å². The smallest absolute Gasteiger partial charge is 0.310 e. The number of hydrogen-bond donors (Lipinski definition) is 0. The molecule has 2 rings (SSSR count). The van der Waals surface area contributed by atoms with Crippen molar-refractivity contribution in [3.8, 4) is 5.69 Å². The maximum Gasteiger partial charge on any atom is 0.310 e. The van der Waals surface area contributed by atoms with Gasteiger partial charge in [-0.05, 0) is 42.8 Å². The number of hydrogen-bond acceptors (Lipinski definition) is 4. The van der Waals surface area contributed by atoms with Crippen molar-refractivity contribution in [1.29, 1.82) is 0 Å². The molecule has 1 heterocycles. The summed E-state index contributed by atoms with van der Waals surface area (Å²) in [5.41, 5.74) is 1.58. The first kappa shape index (κ1) is 19.7. The minimum Gasteiger partial charge on any atom is -0.469 e. The van der Waals surface area contributed by atoms with Gasteiger partial charge in [-0.3, -0.25) is 9.59 Å². The molecule has 0 fully saturated rings. The molecular formula is C20H26N2O4. The maximum atomic E-state index is 12.9. The molecule has 140 valence electrons. The summed E-state index contributed by atoms with van der Waals surface area (Å²) in [5, 5.41) is 0. The number of carbonyl (C=O) groups is 2. The van der Waals surface area contributed by atoms with Crippen molar-refractivity contribution in [2.75, 3.05) is 33.9 Å². The van der Waals surface area contributed by atoms with Crippen LogP contribution in [0.4, 0.5) is 0 Å². The molecule has 1 amide bonds. The van der Waals surface area contributed by atoms with Crippen molar-refractivity contribution < 1.29 is 19.1 Å². The van der Waals surface area contributed by atoms with E-state index in [2.05, 4.69) is 0 Å². The molecule has 1 aromatic carbocycles. The third-order valence-corrected chi connectivity index (χ3v) is 4.18. The summed E-state index contributed by atoms with van der Waals surface area (Å²) in [6, 6.07) is 11.3. The third kappa shape index (κ3) is 5.20. The van der Waals surface area contributed by atoms with Gasteiger partial charge in [0, 0.05) is 50.5 Å². The molecule has 0 N–H and O–H groups in total. The van der Waals surface area contributed by atoms with E-state index in [1.165, 1.54) is 7.11 Å². The highest BCUT2D eigenvalue weighted by Gasteiger charge is 2.22. The van der Waals surface area contributed by atoms with E-state index in [9.17, 15) is 9.59 Å². The number of ether oxygens (including phenoxy) is 2. The zero-order chi connectivity index (χ0) is 18.9. The van der Waals surface area contributed by atoms with E-state index in [-0.39, 0.29) is 17.8 Å². The predicted octanol–water partition coefficient (Wildman–Crippen LogP) is 2.77. The Labute approximate surface area is 154 Å². The summed E-state index contributed by atoms with van der Waals surface area (Å²) in [4.78, 5) is 26.3. The molecule has 0 bridgehead atoms. The van der Waals surface area contributed by atoms with Gasteiger partial charge >= 0.3 is 5.97 Å². The Kier molecular flexibility index (Phi) is 7.41. The Morgan fingerprint density at radius 1 is 1.12 bits per heavy atom. The molecule has 0 saturated carbocycles. The SMILES string of the molecule is COCCCN(CC(C)C(=O)OC)C(=O)c1ccc(-n2cccc2)cc1. The molecule has 1 unspecified atom stereocenters. The number of benzene rings is 1. The first-order chi connectivity index (χ1) is 12.6. The van der Waals surface area contributed by atoms with Gasteiger partial charge in [0.05, 0.1) is 13.0 Å². The van der Waals surface area contributed by atoms with Crippen LogP contribution >= 0.6 is 0 Å². The quantitative estimate of drug-likeness (QED) is 0.511. The lowest BCUT2D eigenvalue weighted by molar-refractivity contribution is -0.145. The number of amides is 1. The summed E-state index contributed by atoms with van der Waals surface area (Å²) in [7, 11) is 2.99. The molecule has 0 spiro atoms. The van der Waals surface area contributed by atoms with Gasteiger partial charge in [0.2, 0.25) is 0 Å². The average Bonchev–Trinajstić information content (AvgIpc) is 3.21. The Morgan fingerprint density at radius 3 is 2.35 bits per heavy atom. The van der Waals surface area contributed by atoms with Crippen LogP contribution in [0.5, 0.6) is 0 Å². The summed E-state index contributed by atoms with van der Waals surface area (Å²) < 4.78 is 11.8. The fourth-order valence-corrected chi connectivity index (χ4v) is 2.75. The molecule has 0 aliphatic rings. The number of aromatic nitrogens is 1. The van der Waals surface area contributed by atoms with Crippen molar-refractivity contribution in [2.45, 2.75) is 13.3 Å². The average molecular weight is 358 g/mol. The fourth-order valence-electron chi connectivity index (χ4n) is 2.75. The zero-order valence-electron chi connectivity index (χ0n) is 15.6. The first-order valence-corrected chi connectivity index (χ1v) is 8.66. The lowest BCUT2D eigenvalue weighted by atomic mass is 10.1. The van der Waals surface area contributed by atoms with Gasteiger partial charge in [0.25, 0.3) is 5.91 Å². The van der Waals surface area contributed by atoms with Gasteiger partial charge < -0.3 is 18.9 Å². The molecule has 6 nitrogen and oxygen atoms in total. The molecule has 0 aliphatic heterocycles. The highest BCUT2D eigenvalue weighted by molar-refractivity contribution is 5.94. The van der Waals surface area contributed by atoms with Crippen LogP contribution in [-0.2, 0) is 14.3 Å². The Hall–Kier alpha value is -2.60. The Bertz CT molecular complexity index is 695. The standard InChI is InChI=1S/C20H26N2O4/c1-16(20(24)26-3)15-22(13-6-14-25-2)19(23)17-7-9-18(10-8-17)21-11-4-5-12-21/h4-5,7-12,16H,6,13-15H2,1-3H3. The summed E-state index contributed by atoms with van der Waals surface area (Å²) in [5.74, 6) is -0.806. The number of carbonyl (C=O) groups excluding carboxylic acids is 2. The second kappa shape index (κ2) is 9.77. The molecule has 0 aliphatic carbocycles. The topological polar surface area (TPSA) is 60.8 Å². The van der Waals surface area contributed by atoms with E-state index < -0.39 is 0 Å². The van der Waals surface area contributed by atoms with Crippen LogP contribution in [0.1, 0.15) is 23.7 Å². The first-order valence-electron chi connectivity index (χ1n) is 8.66. The zero-order valence-corrected chi connectivity index (χ0v) is 15.6. The van der Waals surface area contributed by atoms with Gasteiger partial charge in [0.15, 0.2) is 0 Å². The second-order valence-corrected chi connectivity index (χ2v) is 6.16. The van der Waals surface area contributed by atoms with Crippen LogP contribution < -0.4 is 0 Å². The van der Waals surface area contributed by atoms with E-state index in [0.717, 1.165) is 5.69 Å². The van der Waals surface area contributed by atoms with Crippen molar-refractivity contribution in [3.05, 3.63) is 54.4 Å². The second-order valence-electron chi connectivity index (χ2n) is 6.16. The molecule has 1 atom stereocenters. The van der Waals surface area contributed by atoms with E-state index in [1.807, 2.05) is 53.4 Å². The lowest BCUT2D eigenvalue weighted by Gasteiger charge is -2.25. The van der Waals surface area contributed by atoms with E-state index in [0.29, 0.717) is 31.7 Å². The predicted molar refractivity (Wildman–Crippen MR) is 99.3 cm³/mol. The van der Waals surface area contributed by atoms with Crippen molar-refractivity contribution >= 4 is 11.9 Å². The van der Waals surface area contributed by atoms with Crippen LogP contribution in [0.2, 0.25) is 0 Å². The van der Waals surface area contributed by atoms with Crippen molar-refractivity contribution in [3.63, 3.8) is 0 Å². The lowest BCUT2D eigenvalue weighted by Crippen LogP contribution is -2.38. The molecule has 0 saturated heterocycles. The largest absolute Gasteiger partial charge is 0.469 e. The van der Waals surface area contributed by atoms with Crippen molar-refractivity contribution in [2.24, 2.45) is 5.92 Å². The van der Waals surface area contributed by atoms with Gasteiger partial charge in [0.1, 0.15) is 0 Å². The number of rotatable bonds is 9. The minimum atomic E-state index is -0.384. The maximum absolute atomic E-state index is 12.9. The number of esters is 1. The van der Waals surface area contributed by atoms with Crippen LogP contribution in [0.25, 0.3) is 5.69 Å². The third-order valence-electron chi connectivity index (χ3n) is 4.18. The molecule has 0 radical (unpaired) electrons. The monoisotopic (exact) mass is 358 g/mol. The summed E-state index contributed by atoms with van der Waals surface area (Å²) in [6.07, 6.45) is 4.61. The highest BCUT2D eigenvalue weighted by Crippen LogP contribution is 2.14. The van der Waals surface area contributed by atoms with Crippen LogP contribution in [0.3, 0.4) is 0 Å². The molecule has 1 aromatic heterocycles. The van der Waals surface area contributed by atoms with Crippen molar-refractivity contribution in [1.82, 2.24) is 9.47 Å². The Balaban J connectivity index is 2.12. The van der Waals surface area contributed by atoms with Gasteiger partial charge in [-0.1, -0.05) is 6.92 Å². The van der Waals surface area contributed by atoms with Gasteiger partial charge in [-0.15, -0.1) is 0 Å². The molecule has 6 heteroatoms. The van der Waals surface area contributed by atoms with Crippen LogP contribution in [0, 0.1) is 5.92 Å². The minimum absolute atomic E-state index is 0.101. The normalized spacial score (nSPS) is 11.8. The molecular weight excluding hydrogens is 332 g/mol. The van der Waals surface area contributed by atoms with Crippen LogP contribution in [-0.4, -0.2) is 55.3 Å². The van der Waals surface area contributed by atoms with E-state index >= 15 is 0 Å². The molecule has 26 heavy (non-hydrogen) atoms. The fraction of sp³-hybridized carbons (Fsp3) is 0.400. The number of nitrogens with zero attached hydrogens (tertiary/aromatic N) is 2. The molecule has 2 aromatic rings. The van der Waals surface area contributed by atoms with Gasteiger partial charge in [-0.2, -0.15) is 0 Å². The summed E-state index contributed by atoms with van der Waals surface area (Å²) >= 11 is 0. The van der Waals surface area contributed by atoms with Gasteiger partial charge in [-0.25, -0.2) is 0 Å².